The highest BCUT2D eigenvalue weighted by Gasteiger charge is 2.28. The molecule has 10 heteroatoms. The topological polar surface area (TPSA) is 102 Å². The van der Waals surface area contributed by atoms with E-state index in [1.54, 1.807) is 31.2 Å². The van der Waals surface area contributed by atoms with Crippen LogP contribution in [0.1, 0.15) is 18.4 Å². The van der Waals surface area contributed by atoms with Gasteiger partial charge in [0.05, 0.1) is 36.2 Å². The van der Waals surface area contributed by atoms with Crippen molar-refractivity contribution in [1.82, 2.24) is 0 Å². The maximum atomic E-state index is 13.1. The number of sulfonamides is 2. The van der Waals surface area contributed by atoms with E-state index in [4.69, 9.17) is 9.47 Å². The van der Waals surface area contributed by atoms with Crippen molar-refractivity contribution < 1.29 is 26.3 Å². The lowest BCUT2D eigenvalue weighted by molar-refractivity contribution is 0.405. The van der Waals surface area contributed by atoms with E-state index in [0.717, 1.165) is 6.42 Å². The number of nitrogens with one attached hydrogen (secondary N) is 1. The van der Waals surface area contributed by atoms with Gasteiger partial charge in [0, 0.05) is 12.6 Å². The average molecular weight is 441 g/mol. The Morgan fingerprint density at radius 2 is 1.79 bits per heavy atom. The van der Waals surface area contributed by atoms with E-state index in [1.807, 2.05) is 0 Å². The zero-order valence-electron chi connectivity index (χ0n) is 16.5. The summed E-state index contributed by atoms with van der Waals surface area (Å²) in [5.41, 5.74) is 1.06. The molecule has 0 bridgehead atoms. The molecule has 0 saturated carbocycles. The van der Waals surface area contributed by atoms with E-state index in [2.05, 4.69) is 4.72 Å². The van der Waals surface area contributed by atoms with E-state index in [1.165, 1.54) is 30.7 Å². The quantitative estimate of drug-likeness (QED) is 0.741. The van der Waals surface area contributed by atoms with Gasteiger partial charge in [-0.15, -0.1) is 0 Å². The van der Waals surface area contributed by atoms with Gasteiger partial charge in [-0.05, 0) is 49.6 Å². The number of benzene rings is 2. The SMILES string of the molecule is COc1ccc(OC)c(NS(=O)(=O)c2cc(N3CCCCS3(=O)=O)ccc2C)c1. The first-order valence-electron chi connectivity index (χ1n) is 9.04. The van der Waals surface area contributed by atoms with Crippen LogP contribution in [-0.4, -0.2) is 43.4 Å². The molecule has 8 nitrogen and oxygen atoms in total. The van der Waals surface area contributed by atoms with Crippen LogP contribution in [0.4, 0.5) is 11.4 Å². The second-order valence-electron chi connectivity index (χ2n) is 6.72. The minimum Gasteiger partial charge on any atom is -0.497 e. The number of ether oxygens (including phenoxy) is 2. The van der Waals surface area contributed by atoms with Crippen molar-refractivity contribution in [2.45, 2.75) is 24.7 Å². The molecule has 1 N–H and O–H groups in total. The van der Waals surface area contributed by atoms with Crippen molar-refractivity contribution in [2.75, 3.05) is 35.5 Å². The maximum absolute atomic E-state index is 13.1. The van der Waals surface area contributed by atoms with Crippen molar-refractivity contribution in [2.24, 2.45) is 0 Å². The van der Waals surface area contributed by atoms with Gasteiger partial charge in [-0.1, -0.05) is 6.07 Å². The Kier molecular flexibility index (Phi) is 5.95. The van der Waals surface area contributed by atoms with Gasteiger partial charge in [0.1, 0.15) is 11.5 Å². The fraction of sp³-hybridized carbons (Fsp3) is 0.368. The summed E-state index contributed by atoms with van der Waals surface area (Å²) in [6, 6.07) is 9.40. The van der Waals surface area contributed by atoms with Crippen LogP contribution < -0.4 is 18.5 Å². The van der Waals surface area contributed by atoms with Crippen LogP contribution in [0.25, 0.3) is 0 Å². The third-order valence-electron chi connectivity index (χ3n) is 4.75. The second kappa shape index (κ2) is 8.11. The minimum absolute atomic E-state index is 0.000599. The van der Waals surface area contributed by atoms with E-state index >= 15 is 0 Å². The van der Waals surface area contributed by atoms with E-state index in [-0.39, 0.29) is 16.3 Å². The summed E-state index contributed by atoms with van der Waals surface area (Å²) in [5, 5.41) is 0. The molecular formula is C19H24N2O6S2. The first-order chi connectivity index (χ1) is 13.7. The van der Waals surface area contributed by atoms with Crippen molar-refractivity contribution in [3.05, 3.63) is 42.0 Å². The lowest BCUT2D eigenvalue weighted by atomic mass is 10.2. The molecule has 0 atom stereocenters. The Morgan fingerprint density at radius 3 is 2.45 bits per heavy atom. The molecule has 2 aromatic carbocycles. The highest BCUT2D eigenvalue weighted by molar-refractivity contribution is 7.93. The van der Waals surface area contributed by atoms with Crippen molar-refractivity contribution in [3.8, 4) is 11.5 Å². The molecule has 0 aliphatic carbocycles. The van der Waals surface area contributed by atoms with Gasteiger partial charge in [-0.2, -0.15) is 0 Å². The molecule has 0 amide bonds. The second-order valence-corrected chi connectivity index (χ2v) is 10.4. The molecule has 0 unspecified atom stereocenters. The molecule has 1 fully saturated rings. The van der Waals surface area contributed by atoms with Crippen molar-refractivity contribution >= 4 is 31.4 Å². The number of rotatable bonds is 6. The van der Waals surface area contributed by atoms with E-state index in [9.17, 15) is 16.8 Å². The fourth-order valence-corrected chi connectivity index (χ4v) is 6.16. The lowest BCUT2D eigenvalue weighted by Crippen LogP contribution is -2.38. The third kappa shape index (κ3) is 4.43. The van der Waals surface area contributed by atoms with E-state index in [0.29, 0.717) is 35.7 Å². The van der Waals surface area contributed by atoms with Gasteiger partial charge in [0.2, 0.25) is 10.0 Å². The van der Waals surface area contributed by atoms with Crippen LogP contribution in [0, 0.1) is 6.92 Å². The first-order valence-corrected chi connectivity index (χ1v) is 12.1. The zero-order chi connectivity index (χ0) is 21.2. The van der Waals surface area contributed by atoms with Crippen LogP contribution in [0.5, 0.6) is 11.5 Å². The Balaban J connectivity index is 2.01. The van der Waals surface area contributed by atoms with Crippen LogP contribution in [0.15, 0.2) is 41.3 Å². The molecule has 1 aliphatic heterocycles. The van der Waals surface area contributed by atoms with Crippen LogP contribution >= 0.6 is 0 Å². The van der Waals surface area contributed by atoms with Crippen molar-refractivity contribution in [3.63, 3.8) is 0 Å². The summed E-state index contributed by atoms with van der Waals surface area (Å²) >= 11 is 0. The van der Waals surface area contributed by atoms with Crippen LogP contribution in [0.3, 0.4) is 0 Å². The van der Waals surface area contributed by atoms with Gasteiger partial charge in [0.15, 0.2) is 0 Å². The molecule has 0 radical (unpaired) electrons. The highest BCUT2D eigenvalue weighted by Crippen LogP contribution is 2.33. The van der Waals surface area contributed by atoms with Gasteiger partial charge < -0.3 is 9.47 Å². The number of aryl methyl sites for hydroxylation is 1. The Morgan fingerprint density at radius 1 is 1.03 bits per heavy atom. The minimum atomic E-state index is -4.01. The third-order valence-corrected chi connectivity index (χ3v) is 8.13. The Bertz CT molecular complexity index is 1110. The van der Waals surface area contributed by atoms with Crippen molar-refractivity contribution in [1.29, 1.82) is 0 Å². The standard InChI is InChI=1S/C19H24N2O6S2/c1-14-6-7-15(21-10-4-5-11-28(21,22)23)12-19(14)29(24,25)20-17-13-16(26-2)8-9-18(17)27-3/h6-9,12-13,20H,4-5,10-11H2,1-3H3. The zero-order valence-corrected chi connectivity index (χ0v) is 18.1. The molecule has 158 valence electrons. The normalized spacial score (nSPS) is 16.3. The molecule has 1 heterocycles. The predicted octanol–water partition coefficient (Wildman–Crippen LogP) is 2.74. The summed E-state index contributed by atoms with van der Waals surface area (Å²) in [6.45, 7) is 1.99. The maximum Gasteiger partial charge on any atom is 0.262 e. The molecule has 29 heavy (non-hydrogen) atoms. The lowest BCUT2D eigenvalue weighted by Gasteiger charge is -2.28. The molecule has 1 aliphatic rings. The smallest absolute Gasteiger partial charge is 0.262 e. The van der Waals surface area contributed by atoms with E-state index < -0.39 is 20.0 Å². The molecular weight excluding hydrogens is 416 g/mol. The van der Waals surface area contributed by atoms with Gasteiger partial charge >= 0.3 is 0 Å². The number of hydrogen-bond donors (Lipinski definition) is 1. The predicted molar refractivity (Wildman–Crippen MR) is 112 cm³/mol. The summed E-state index contributed by atoms with van der Waals surface area (Å²) in [5.74, 6) is 0.859. The monoisotopic (exact) mass is 440 g/mol. The van der Waals surface area contributed by atoms with Crippen LogP contribution in [-0.2, 0) is 20.0 Å². The fourth-order valence-electron chi connectivity index (χ4n) is 3.21. The summed E-state index contributed by atoms with van der Waals surface area (Å²) < 4.78 is 65.2. The van der Waals surface area contributed by atoms with Gasteiger partial charge in [-0.25, -0.2) is 16.8 Å². The summed E-state index contributed by atoms with van der Waals surface area (Å²) in [6.07, 6.45) is 1.33. The number of hydrogen-bond acceptors (Lipinski definition) is 6. The number of nitrogens with zero attached hydrogens (tertiary/aromatic N) is 1. The van der Waals surface area contributed by atoms with Gasteiger partial charge in [0.25, 0.3) is 10.0 Å². The molecule has 2 aromatic rings. The Labute approximate surface area is 171 Å². The molecule has 1 saturated heterocycles. The molecule has 3 rings (SSSR count). The van der Waals surface area contributed by atoms with Gasteiger partial charge in [-0.3, -0.25) is 9.03 Å². The Hall–Kier alpha value is -2.46. The summed E-state index contributed by atoms with van der Waals surface area (Å²) in [7, 11) is -4.54. The molecule has 0 aromatic heterocycles. The van der Waals surface area contributed by atoms with Crippen LogP contribution in [0.2, 0.25) is 0 Å². The largest absolute Gasteiger partial charge is 0.497 e. The average Bonchev–Trinajstić information content (AvgIpc) is 2.67. The highest BCUT2D eigenvalue weighted by atomic mass is 32.2. The first kappa shape index (κ1) is 21.3. The summed E-state index contributed by atoms with van der Waals surface area (Å²) in [4.78, 5) is 0.000599. The molecule has 0 spiro atoms. The number of anilines is 2. The number of methoxy groups -OCH3 is 2.